The molecule has 0 unspecified atom stereocenters. The molecule has 2 aromatic heterocycles. The minimum atomic E-state index is -0.917. The molecule has 2 aromatic carbocycles. The predicted octanol–water partition coefficient (Wildman–Crippen LogP) is 3.16. The molecule has 0 bridgehead atoms. The Morgan fingerprint density at radius 2 is 2.04 bits per heavy atom. The summed E-state index contributed by atoms with van der Waals surface area (Å²) in [4.78, 5) is 23.6. The van der Waals surface area contributed by atoms with E-state index < -0.39 is 5.97 Å². The number of hydrogen-bond acceptors (Lipinski definition) is 3. The van der Waals surface area contributed by atoms with Crippen LogP contribution < -0.4 is 5.32 Å². The molecule has 7 heteroatoms. The van der Waals surface area contributed by atoms with Gasteiger partial charge in [0, 0.05) is 28.2 Å². The molecule has 0 aliphatic heterocycles. The first-order valence-corrected chi connectivity index (χ1v) is 8.08. The van der Waals surface area contributed by atoms with Crippen LogP contribution in [0.3, 0.4) is 0 Å². The van der Waals surface area contributed by atoms with Crippen LogP contribution >= 0.6 is 0 Å². The quantitative estimate of drug-likeness (QED) is 0.527. The SMILES string of the molecule is Cc1[nH]nc2cc(C(=O)Nc3cccc4c3ccn4CC(=O)O)ccc12. The third-order valence-corrected chi connectivity index (χ3v) is 4.38. The summed E-state index contributed by atoms with van der Waals surface area (Å²) in [6, 6.07) is 12.6. The van der Waals surface area contributed by atoms with Gasteiger partial charge in [0.15, 0.2) is 0 Å². The van der Waals surface area contributed by atoms with Gasteiger partial charge in [-0.15, -0.1) is 0 Å². The van der Waals surface area contributed by atoms with Crippen molar-refractivity contribution in [1.82, 2.24) is 14.8 Å². The summed E-state index contributed by atoms with van der Waals surface area (Å²) in [5.41, 5.74) is 3.59. The summed E-state index contributed by atoms with van der Waals surface area (Å²) >= 11 is 0. The molecular formula is C19H16N4O3. The topological polar surface area (TPSA) is 100 Å². The van der Waals surface area contributed by atoms with Crippen LogP contribution in [0.15, 0.2) is 48.7 Å². The number of carboxylic acid groups (broad SMARTS) is 1. The molecule has 0 radical (unpaired) electrons. The van der Waals surface area contributed by atoms with E-state index in [9.17, 15) is 9.59 Å². The lowest BCUT2D eigenvalue weighted by molar-refractivity contribution is -0.137. The van der Waals surface area contributed by atoms with E-state index >= 15 is 0 Å². The molecule has 130 valence electrons. The van der Waals surface area contributed by atoms with Crippen LogP contribution in [0, 0.1) is 6.92 Å². The van der Waals surface area contributed by atoms with Gasteiger partial charge in [0.2, 0.25) is 0 Å². The molecule has 1 amide bonds. The Balaban J connectivity index is 1.66. The maximum atomic E-state index is 12.6. The number of benzene rings is 2. The minimum absolute atomic E-state index is 0.129. The second kappa shape index (κ2) is 6.03. The van der Waals surface area contributed by atoms with Crippen molar-refractivity contribution >= 4 is 39.4 Å². The third-order valence-electron chi connectivity index (χ3n) is 4.38. The number of carbonyl (C=O) groups excluding carboxylic acids is 1. The summed E-state index contributed by atoms with van der Waals surface area (Å²) < 4.78 is 1.63. The Bertz CT molecular complexity index is 1160. The van der Waals surface area contributed by atoms with Crippen LogP contribution in [0.5, 0.6) is 0 Å². The van der Waals surface area contributed by atoms with Crippen LogP contribution in [-0.4, -0.2) is 31.7 Å². The lowest BCUT2D eigenvalue weighted by Crippen LogP contribution is -2.12. The van der Waals surface area contributed by atoms with Crippen LogP contribution in [0.2, 0.25) is 0 Å². The second-order valence-corrected chi connectivity index (χ2v) is 6.11. The molecule has 4 aromatic rings. The smallest absolute Gasteiger partial charge is 0.323 e. The highest BCUT2D eigenvalue weighted by Gasteiger charge is 2.13. The molecule has 26 heavy (non-hydrogen) atoms. The highest BCUT2D eigenvalue weighted by molar-refractivity contribution is 6.10. The Kier molecular flexibility index (Phi) is 3.69. The van der Waals surface area contributed by atoms with Gasteiger partial charge >= 0.3 is 5.97 Å². The zero-order valence-corrected chi connectivity index (χ0v) is 14.0. The number of rotatable bonds is 4. The number of aryl methyl sites for hydroxylation is 1. The van der Waals surface area contributed by atoms with Crippen LogP contribution in [0.25, 0.3) is 21.8 Å². The van der Waals surface area contributed by atoms with Gasteiger partial charge in [-0.2, -0.15) is 5.10 Å². The minimum Gasteiger partial charge on any atom is -0.480 e. The van der Waals surface area contributed by atoms with E-state index in [1.165, 1.54) is 0 Å². The number of nitrogens with zero attached hydrogens (tertiary/aromatic N) is 2. The normalized spacial score (nSPS) is 11.1. The van der Waals surface area contributed by atoms with Gasteiger partial charge in [0.05, 0.1) is 16.7 Å². The molecule has 0 saturated carbocycles. The van der Waals surface area contributed by atoms with Gasteiger partial charge in [0.1, 0.15) is 6.54 Å². The lowest BCUT2D eigenvalue weighted by atomic mass is 10.1. The lowest BCUT2D eigenvalue weighted by Gasteiger charge is -2.08. The molecule has 0 spiro atoms. The Morgan fingerprint density at radius 1 is 1.19 bits per heavy atom. The first-order chi connectivity index (χ1) is 12.5. The number of nitrogens with one attached hydrogen (secondary N) is 2. The number of hydrogen-bond donors (Lipinski definition) is 3. The summed E-state index contributed by atoms with van der Waals surface area (Å²) in [5, 5.41) is 20.8. The Hall–Kier alpha value is -3.61. The first kappa shape index (κ1) is 15.9. The van der Waals surface area contributed by atoms with Crippen molar-refractivity contribution in [1.29, 1.82) is 0 Å². The molecular weight excluding hydrogens is 332 g/mol. The number of fused-ring (bicyclic) bond motifs is 2. The highest BCUT2D eigenvalue weighted by Crippen LogP contribution is 2.25. The molecule has 0 aliphatic rings. The molecule has 3 N–H and O–H groups in total. The van der Waals surface area contributed by atoms with Crippen molar-refractivity contribution < 1.29 is 14.7 Å². The van der Waals surface area contributed by atoms with E-state index in [4.69, 9.17) is 5.11 Å². The van der Waals surface area contributed by atoms with Gasteiger partial charge < -0.3 is 15.0 Å². The van der Waals surface area contributed by atoms with Crippen molar-refractivity contribution in [3.05, 3.63) is 59.9 Å². The van der Waals surface area contributed by atoms with Crippen molar-refractivity contribution in [2.75, 3.05) is 5.32 Å². The van der Waals surface area contributed by atoms with Crippen LogP contribution in [0.1, 0.15) is 16.1 Å². The van der Waals surface area contributed by atoms with E-state index in [1.54, 1.807) is 41.1 Å². The number of amides is 1. The largest absolute Gasteiger partial charge is 0.480 e. The first-order valence-electron chi connectivity index (χ1n) is 8.08. The number of aromatic amines is 1. The number of carbonyl (C=O) groups is 2. The van der Waals surface area contributed by atoms with E-state index in [1.807, 2.05) is 19.1 Å². The third kappa shape index (κ3) is 2.69. The molecule has 0 saturated heterocycles. The van der Waals surface area contributed by atoms with Gasteiger partial charge in [-0.3, -0.25) is 14.7 Å². The second-order valence-electron chi connectivity index (χ2n) is 6.11. The number of aromatic nitrogens is 3. The molecule has 0 fully saturated rings. The van der Waals surface area contributed by atoms with E-state index in [0.717, 1.165) is 27.5 Å². The number of H-pyrrole nitrogens is 1. The average molecular weight is 348 g/mol. The maximum Gasteiger partial charge on any atom is 0.323 e. The van der Waals surface area contributed by atoms with Crippen molar-refractivity contribution in [3.8, 4) is 0 Å². The summed E-state index contributed by atoms with van der Waals surface area (Å²) in [6.45, 7) is 1.80. The Labute approximate surface area is 148 Å². The summed E-state index contributed by atoms with van der Waals surface area (Å²) in [5.74, 6) is -1.16. The molecule has 4 rings (SSSR count). The number of aliphatic carboxylic acids is 1. The average Bonchev–Trinajstić information content (AvgIpc) is 3.19. The zero-order valence-electron chi connectivity index (χ0n) is 14.0. The molecule has 2 heterocycles. The maximum absolute atomic E-state index is 12.6. The summed E-state index contributed by atoms with van der Waals surface area (Å²) in [7, 11) is 0. The van der Waals surface area contributed by atoms with Gasteiger partial charge in [-0.25, -0.2) is 0 Å². The van der Waals surface area contributed by atoms with E-state index in [-0.39, 0.29) is 12.5 Å². The van der Waals surface area contributed by atoms with Crippen molar-refractivity contribution in [2.24, 2.45) is 0 Å². The van der Waals surface area contributed by atoms with Gasteiger partial charge in [0.25, 0.3) is 5.91 Å². The van der Waals surface area contributed by atoms with Crippen molar-refractivity contribution in [3.63, 3.8) is 0 Å². The Morgan fingerprint density at radius 3 is 2.85 bits per heavy atom. The van der Waals surface area contributed by atoms with Crippen LogP contribution in [0.4, 0.5) is 5.69 Å². The molecule has 0 aliphatic carbocycles. The van der Waals surface area contributed by atoms with E-state index in [0.29, 0.717) is 11.3 Å². The fourth-order valence-electron chi connectivity index (χ4n) is 3.10. The fourth-order valence-corrected chi connectivity index (χ4v) is 3.10. The standard InChI is InChI=1S/C19H16N4O3/c1-11-13-6-5-12(9-16(13)22-21-11)19(26)20-15-3-2-4-17-14(15)7-8-23(17)10-18(24)25/h2-9H,10H2,1H3,(H,20,26)(H,21,22)(H,24,25). The van der Waals surface area contributed by atoms with Gasteiger partial charge in [-0.1, -0.05) is 12.1 Å². The highest BCUT2D eigenvalue weighted by atomic mass is 16.4. The monoisotopic (exact) mass is 348 g/mol. The number of anilines is 1. The fraction of sp³-hybridized carbons (Fsp3) is 0.105. The van der Waals surface area contributed by atoms with Crippen LogP contribution in [-0.2, 0) is 11.3 Å². The van der Waals surface area contributed by atoms with Crippen molar-refractivity contribution in [2.45, 2.75) is 13.5 Å². The number of carboxylic acids is 1. The summed E-state index contributed by atoms with van der Waals surface area (Å²) in [6.07, 6.45) is 1.70. The zero-order chi connectivity index (χ0) is 18.3. The van der Waals surface area contributed by atoms with Gasteiger partial charge in [-0.05, 0) is 37.3 Å². The predicted molar refractivity (Wildman–Crippen MR) is 98.4 cm³/mol. The molecule has 0 atom stereocenters. The molecule has 7 nitrogen and oxygen atoms in total. The van der Waals surface area contributed by atoms with E-state index in [2.05, 4.69) is 15.5 Å².